The number of amides is 1. The molecule has 1 amide bonds. The Hall–Kier alpha value is -4.11. The number of carbonyl (C=O) groups excluding carboxylic acids is 2. The Bertz CT molecular complexity index is 1480. The van der Waals surface area contributed by atoms with Gasteiger partial charge in [0, 0.05) is 10.6 Å². The van der Waals surface area contributed by atoms with Crippen LogP contribution in [0.1, 0.15) is 15.9 Å². The van der Waals surface area contributed by atoms with Gasteiger partial charge in [-0.05, 0) is 47.2 Å². The Morgan fingerprint density at radius 1 is 0.912 bits per heavy atom. The molecule has 0 fully saturated rings. The summed E-state index contributed by atoms with van der Waals surface area (Å²) in [5.41, 5.74) is 0.867. The topological polar surface area (TPSA) is 79.2 Å². The fourth-order valence-electron chi connectivity index (χ4n) is 3.34. The predicted octanol–water partition coefficient (Wildman–Crippen LogP) is 6.91. The van der Waals surface area contributed by atoms with E-state index in [1.807, 2.05) is 36.4 Å². The van der Waals surface area contributed by atoms with Crippen molar-refractivity contribution in [2.24, 2.45) is 0 Å². The fraction of sp³-hybridized carbons (Fsp3) is 0. The Labute approximate surface area is 205 Å². The van der Waals surface area contributed by atoms with Crippen LogP contribution in [-0.4, -0.2) is 11.9 Å². The SMILES string of the molecule is N#C/C(=C\c1ccccc1OC(=O)c1cccc2ccccc12)C(=O)Nc1cc(Cl)ccc1Cl. The van der Waals surface area contributed by atoms with Crippen LogP contribution in [0, 0.1) is 11.3 Å². The smallest absolute Gasteiger partial charge is 0.344 e. The first kappa shape index (κ1) is 23.1. The van der Waals surface area contributed by atoms with Gasteiger partial charge in [-0.3, -0.25) is 4.79 Å². The van der Waals surface area contributed by atoms with Gasteiger partial charge in [0.15, 0.2) is 0 Å². The monoisotopic (exact) mass is 486 g/mol. The van der Waals surface area contributed by atoms with E-state index in [1.54, 1.807) is 42.5 Å². The van der Waals surface area contributed by atoms with Gasteiger partial charge in [0.05, 0.1) is 16.3 Å². The molecule has 34 heavy (non-hydrogen) atoms. The Kier molecular flexibility index (Phi) is 6.93. The van der Waals surface area contributed by atoms with Gasteiger partial charge in [0.25, 0.3) is 5.91 Å². The molecule has 0 aliphatic carbocycles. The number of nitrogens with zero attached hydrogens (tertiary/aromatic N) is 1. The van der Waals surface area contributed by atoms with Crippen LogP contribution in [0.4, 0.5) is 5.69 Å². The van der Waals surface area contributed by atoms with Crippen molar-refractivity contribution in [1.29, 1.82) is 5.26 Å². The molecule has 1 N–H and O–H groups in total. The highest BCUT2D eigenvalue weighted by atomic mass is 35.5. The first-order chi connectivity index (χ1) is 16.5. The maximum Gasteiger partial charge on any atom is 0.344 e. The standard InChI is InChI=1S/C27H16Cl2N2O3/c28-20-12-13-23(29)24(15-20)31-26(32)19(16-30)14-18-7-2-4-11-25(18)34-27(33)22-10-5-8-17-6-1-3-9-21(17)22/h1-15H,(H,31,32)/b19-14+. The molecule has 0 bridgehead atoms. The molecule has 0 atom stereocenters. The zero-order valence-corrected chi connectivity index (χ0v) is 19.1. The van der Waals surface area contributed by atoms with Crippen LogP contribution in [0.3, 0.4) is 0 Å². The van der Waals surface area contributed by atoms with E-state index in [0.29, 0.717) is 16.1 Å². The highest BCUT2D eigenvalue weighted by Gasteiger charge is 2.16. The Morgan fingerprint density at radius 2 is 1.65 bits per heavy atom. The van der Waals surface area contributed by atoms with Gasteiger partial charge >= 0.3 is 5.97 Å². The second kappa shape index (κ2) is 10.2. The fourth-order valence-corrected chi connectivity index (χ4v) is 3.67. The second-order valence-corrected chi connectivity index (χ2v) is 8.05. The molecule has 5 nitrogen and oxygen atoms in total. The van der Waals surface area contributed by atoms with E-state index < -0.39 is 11.9 Å². The van der Waals surface area contributed by atoms with Crippen molar-refractivity contribution in [3.8, 4) is 11.8 Å². The average molecular weight is 487 g/mol. The van der Waals surface area contributed by atoms with Crippen molar-refractivity contribution in [2.45, 2.75) is 0 Å². The summed E-state index contributed by atoms with van der Waals surface area (Å²) in [7, 11) is 0. The third-order valence-corrected chi connectivity index (χ3v) is 5.54. The summed E-state index contributed by atoms with van der Waals surface area (Å²) < 4.78 is 5.65. The molecule has 7 heteroatoms. The highest BCUT2D eigenvalue weighted by molar-refractivity contribution is 6.36. The van der Waals surface area contributed by atoms with Crippen LogP contribution in [0.25, 0.3) is 16.8 Å². The van der Waals surface area contributed by atoms with Crippen molar-refractivity contribution >= 4 is 57.6 Å². The number of hydrogen-bond acceptors (Lipinski definition) is 4. The molecule has 0 saturated heterocycles. The molecule has 166 valence electrons. The number of fused-ring (bicyclic) bond motifs is 1. The van der Waals surface area contributed by atoms with Crippen molar-refractivity contribution < 1.29 is 14.3 Å². The molecule has 0 heterocycles. The molecule has 4 rings (SSSR count). The summed E-state index contributed by atoms with van der Waals surface area (Å²) in [4.78, 5) is 25.7. The number of hydrogen-bond donors (Lipinski definition) is 1. The molecule has 4 aromatic rings. The lowest BCUT2D eigenvalue weighted by atomic mass is 10.0. The van der Waals surface area contributed by atoms with Gasteiger partial charge in [-0.2, -0.15) is 5.26 Å². The maximum atomic E-state index is 13.0. The minimum atomic E-state index is -0.679. The van der Waals surface area contributed by atoms with E-state index in [9.17, 15) is 14.9 Å². The summed E-state index contributed by atoms with van der Waals surface area (Å²) in [6.07, 6.45) is 1.35. The molecular weight excluding hydrogens is 471 g/mol. The predicted molar refractivity (Wildman–Crippen MR) is 134 cm³/mol. The first-order valence-electron chi connectivity index (χ1n) is 10.1. The first-order valence-corrected chi connectivity index (χ1v) is 10.9. The summed E-state index contributed by atoms with van der Waals surface area (Å²) in [6.45, 7) is 0. The van der Waals surface area contributed by atoms with Crippen LogP contribution < -0.4 is 10.1 Å². The molecule has 0 radical (unpaired) electrons. The van der Waals surface area contributed by atoms with Crippen molar-refractivity contribution in [3.05, 3.63) is 112 Å². The number of esters is 1. The van der Waals surface area contributed by atoms with Gasteiger partial charge in [-0.25, -0.2) is 4.79 Å². The van der Waals surface area contributed by atoms with Gasteiger partial charge in [-0.1, -0.05) is 77.8 Å². The molecule has 4 aromatic carbocycles. The molecule has 0 aromatic heterocycles. The number of benzene rings is 4. The Balaban J connectivity index is 1.62. The zero-order valence-electron chi connectivity index (χ0n) is 17.6. The van der Waals surface area contributed by atoms with Crippen molar-refractivity contribution in [1.82, 2.24) is 0 Å². The van der Waals surface area contributed by atoms with Crippen LogP contribution in [0.2, 0.25) is 10.0 Å². The largest absolute Gasteiger partial charge is 0.422 e. The van der Waals surface area contributed by atoms with Crippen LogP contribution in [-0.2, 0) is 4.79 Å². The van der Waals surface area contributed by atoms with E-state index in [4.69, 9.17) is 27.9 Å². The van der Waals surface area contributed by atoms with Gasteiger partial charge in [0.2, 0.25) is 0 Å². The number of nitriles is 1. The number of ether oxygens (including phenoxy) is 1. The van der Waals surface area contributed by atoms with E-state index in [2.05, 4.69) is 5.32 Å². The van der Waals surface area contributed by atoms with E-state index in [-0.39, 0.29) is 22.0 Å². The molecular formula is C27H16Cl2N2O3. The number of rotatable bonds is 5. The Morgan fingerprint density at radius 3 is 2.47 bits per heavy atom. The zero-order chi connectivity index (χ0) is 24.1. The molecule has 0 aliphatic rings. The van der Waals surface area contributed by atoms with Crippen molar-refractivity contribution in [2.75, 3.05) is 5.32 Å². The number of halogens is 2. The third-order valence-electron chi connectivity index (χ3n) is 4.97. The number of para-hydroxylation sites is 1. The van der Waals surface area contributed by atoms with Gasteiger partial charge in [0.1, 0.15) is 17.4 Å². The summed E-state index contributed by atoms with van der Waals surface area (Å²) in [5, 5.41) is 14.5. The molecule has 0 aliphatic heterocycles. The summed E-state index contributed by atoms with van der Waals surface area (Å²) in [5.74, 6) is -1.02. The summed E-state index contributed by atoms with van der Waals surface area (Å²) >= 11 is 12.1. The lowest BCUT2D eigenvalue weighted by molar-refractivity contribution is -0.112. The van der Waals surface area contributed by atoms with Gasteiger partial charge in [-0.15, -0.1) is 0 Å². The lowest BCUT2D eigenvalue weighted by Crippen LogP contribution is -2.14. The molecule has 0 unspecified atom stereocenters. The average Bonchev–Trinajstić information content (AvgIpc) is 2.85. The van der Waals surface area contributed by atoms with Crippen LogP contribution in [0.15, 0.2) is 90.5 Å². The normalized spacial score (nSPS) is 11.0. The molecule has 0 saturated carbocycles. The van der Waals surface area contributed by atoms with E-state index in [0.717, 1.165) is 10.8 Å². The number of anilines is 1. The minimum Gasteiger partial charge on any atom is -0.422 e. The highest BCUT2D eigenvalue weighted by Crippen LogP contribution is 2.27. The van der Waals surface area contributed by atoms with Crippen molar-refractivity contribution in [3.63, 3.8) is 0 Å². The minimum absolute atomic E-state index is 0.204. The second-order valence-electron chi connectivity index (χ2n) is 7.20. The number of carbonyl (C=O) groups is 2. The lowest BCUT2D eigenvalue weighted by Gasteiger charge is -2.10. The number of nitrogens with one attached hydrogen (secondary N) is 1. The van der Waals surface area contributed by atoms with E-state index in [1.165, 1.54) is 18.2 Å². The van der Waals surface area contributed by atoms with Crippen LogP contribution in [0.5, 0.6) is 5.75 Å². The molecule has 0 spiro atoms. The van der Waals surface area contributed by atoms with Gasteiger partial charge < -0.3 is 10.1 Å². The third kappa shape index (κ3) is 5.10. The maximum absolute atomic E-state index is 13.0. The quantitative estimate of drug-likeness (QED) is 0.144. The van der Waals surface area contributed by atoms with E-state index >= 15 is 0 Å². The summed E-state index contributed by atoms with van der Waals surface area (Å²) in [6, 6.07) is 26.0. The van der Waals surface area contributed by atoms with Crippen LogP contribution >= 0.6 is 23.2 Å².